The summed E-state index contributed by atoms with van der Waals surface area (Å²) in [6.07, 6.45) is 3.61. The number of phenolic OH excluding ortho intramolecular Hbond substituents is 1. The summed E-state index contributed by atoms with van der Waals surface area (Å²) in [5, 5.41) is 18.4. The molecule has 1 N–H and O–H groups in total. The molecule has 6 aromatic rings. The predicted molar refractivity (Wildman–Crippen MR) is 161 cm³/mol. The van der Waals surface area contributed by atoms with Gasteiger partial charge in [0.2, 0.25) is 0 Å². The molecular formula is C33H29N3O3S. The maximum absolute atomic E-state index is 13.5. The lowest BCUT2D eigenvalue weighted by Gasteiger charge is -2.15. The fourth-order valence-electron chi connectivity index (χ4n) is 5.26. The van der Waals surface area contributed by atoms with Crippen LogP contribution in [0.5, 0.6) is 5.75 Å². The summed E-state index contributed by atoms with van der Waals surface area (Å²) in [7, 11) is 1.85. The van der Waals surface area contributed by atoms with Crippen molar-refractivity contribution in [3.8, 4) is 16.9 Å². The number of carbonyl (C=O) groups is 1. The molecule has 200 valence electrons. The van der Waals surface area contributed by atoms with Gasteiger partial charge in [-0.3, -0.25) is 4.68 Å². The Labute approximate surface area is 236 Å². The molecule has 0 aliphatic rings. The highest BCUT2D eigenvalue weighted by atomic mass is 32.2. The van der Waals surface area contributed by atoms with Crippen LogP contribution in [0.15, 0.2) is 102 Å². The number of aryl methyl sites for hydroxylation is 1. The van der Waals surface area contributed by atoms with E-state index in [1.54, 1.807) is 28.7 Å². The third kappa shape index (κ3) is 4.84. The molecule has 0 amide bonds. The smallest absolute Gasteiger partial charge is 0.340 e. The number of aromatic nitrogens is 3. The molecule has 0 unspecified atom stereocenters. The van der Waals surface area contributed by atoms with E-state index in [2.05, 4.69) is 52.1 Å². The topological polar surface area (TPSA) is 69.3 Å². The Morgan fingerprint density at radius 3 is 2.52 bits per heavy atom. The Hall–Kier alpha value is -4.49. The summed E-state index contributed by atoms with van der Waals surface area (Å²) in [6, 6.07) is 28.5. The number of rotatable bonds is 8. The molecule has 0 saturated heterocycles. The van der Waals surface area contributed by atoms with Crippen LogP contribution in [-0.2, 0) is 24.1 Å². The molecule has 0 saturated carbocycles. The number of hydrogen-bond acceptors (Lipinski definition) is 5. The van der Waals surface area contributed by atoms with E-state index < -0.39 is 0 Å². The Balaban J connectivity index is 1.60. The number of phenols is 1. The van der Waals surface area contributed by atoms with Gasteiger partial charge in [0.1, 0.15) is 5.75 Å². The van der Waals surface area contributed by atoms with Crippen molar-refractivity contribution >= 4 is 39.4 Å². The van der Waals surface area contributed by atoms with Crippen LogP contribution < -0.4 is 0 Å². The van der Waals surface area contributed by atoms with Crippen molar-refractivity contribution in [2.24, 2.45) is 7.05 Å². The van der Waals surface area contributed by atoms with Crippen LogP contribution in [0.2, 0.25) is 0 Å². The van der Waals surface area contributed by atoms with Gasteiger partial charge < -0.3 is 14.4 Å². The van der Waals surface area contributed by atoms with Gasteiger partial charge in [-0.05, 0) is 47.5 Å². The molecule has 2 heterocycles. The first-order chi connectivity index (χ1) is 19.5. The minimum Gasteiger partial charge on any atom is -0.507 e. The van der Waals surface area contributed by atoms with Gasteiger partial charge in [-0.15, -0.1) is 11.8 Å². The number of ether oxygens (including phenoxy) is 1. The maximum Gasteiger partial charge on any atom is 0.340 e. The monoisotopic (exact) mass is 547 g/mol. The van der Waals surface area contributed by atoms with E-state index >= 15 is 0 Å². The lowest BCUT2D eigenvalue weighted by molar-refractivity contribution is 0.0527. The Kier molecular flexibility index (Phi) is 7.05. The average Bonchev–Trinajstić information content (AvgIpc) is 3.52. The minimum absolute atomic E-state index is 0.0932. The van der Waals surface area contributed by atoms with Crippen LogP contribution >= 0.6 is 11.8 Å². The molecule has 0 spiro atoms. The van der Waals surface area contributed by atoms with Gasteiger partial charge in [0, 0.05) is 52.6 Å². The van der Waals surface area contributed by atoms with Crippen molar-refractivity contribution in [3.05, 3.63) is 114 Å². The standard InChI is InChI=1S/C33H29N3O3S/c1-3-39-33(38)32-28-17-31(37)27(24-18-34-35(2)19-24)16-29(28)36(30(32)21-40-25-13-5-4-6-14-25)20-23-12-9-11-22-10-7-8-15-26(22)23/h4-19,37H,3,20-21H2,1-2H3. The van der Waals surface area contributed by atoms with E-state index in [0.717, 1.165) is 38.0 Å². The highest BCUT2D eigenvalue weighted by Gasteiger charge is 2.26. The van der Waals surface area contributed by atoms with Crippen LogP contribution in [0.1, 0.15) is 28.5 Å². The molecule has 0 aliphatic heterocycles. The lowest BCUT2D eigenvalue weighted by atomic mass is 10.0. The fraction of sp³-hybridized carbons (Fsp3) is 0.152. The zero-order valence-corrected chi connectivity index (χ0v) is 23.2. The Bertz CT molecular complexity index is 1830. The van der Waals surface area contributed by atoms with Crippen molar-refractivity contribution in [3.63, 3.8) is 0 Å². The first kappa shape index (κ1) is 25.8. The second kappa shape index (κ2) is 10.9. The van der Waals surface area contributed by atoms with Crippen molar-refractivity contribution in [2.45, 2.75) is 24.1 Å². The van der Waals surface area contributed by atoms with Crippen LogP contribution in [-0.4, -0.2) is 32.0 Å². The van der Waals surface area contributed by atoms with E-state index in [1.165, 1.54) is 0 Å². The molecule has 0 fully saturated rings. The zero-order valence-electron chi connectivity index (χ0n) is 22.4. The van der Waals surface area contributed by atoms with E-state index in [0.29, 0.717) is 28.8 Å². The van der Waals surface area contributed by atoms with Gasteiger partial charge in [0.05, 0.1) is 23.9 Å². The summed E-state index contributed by atoms with van der Waals surface area (Å²) in [5.41, 5.74) is 4.82. The third-order valence-electron chi connectivity index (χ3n) is 7.11. The third-order valence-corrected chi connectivity index (χ3v) is 8.13. The number of hydrogen-bond donors (Lipinski definition) is 1. The molecule has 6 nitrogen and oxygen atoms in total. The van der Waals surface area contributed by atoms with Crippen LogP contribution in [0.3, 0.4) is 0 Å². The summed E-state index contributed by atoms with van der Waals surface area (Å²) in [6.45, 7) is 2.63. The Morgan fingerprint density at radius 1 is 0.975 bits per heavy atom. The number of carbonyl (C=O) groups excluding carboxylic acids is 1. The summed E-state index contributed by atoms with van der Waals surface area (Å²) >= 11 is 1.67. The van der Waals surface area contributed by atoms with Crippen molar-refractivity contribution in [1.82, 2.24) is 14.3 Å². The Morgan fingerprint density at radius 2 is 1.75 bits per heavy atom. The number of esters is 1. The summed E-state index contributed by atoms with van der Waals surface area (Å²) < 4.78 is 9.48. The normalized spacial score (nSPS) is 11.3. The second-order valence-corrected chi connectivity index (χ2v) is 10.7. The summed E-state index contributed by atoms with van der Waals surface area (Å²) in [4.78, 5) is 14.6. The van der Waals surface area contributed by atoms with E-state index in [4.69, 9.17) is 4.74 Å². The minimum atomic E-state index is -0.388. The SMILES string of the molecule is CCOC(=O)c1c(CSc2ccccc2)n(Cc2cccc3ccccc23)c2cc(-c3cnn(C)c3)c(O)cc12. The van der Waals surface area contributed by atoms with Gasteiger partial charge in [0.25, 0.3) is 0 Å². The molecule has 0 atom stereocenters. The van der Waals surface area contributed by atoms with Gasteiger partial charge in [-0.25, -0.2) is 4.79 Å². The quantitative estimate of drug-likeness (QED) is 0.159. The average molecular weight is 548 g/mol. The summed E-state index contributed by atoms with van der Waals surface area (Å²) in [5.74, 6) is 0.262. The van der Waals surface area contributed by atoms with E-state index in [9.17, 15) is 9.90 Å². The van der Waals surface area contributed by atoms with Crippen molar-refractivity contribution in [2.75, 3.05) is 6.61 Å². The number of aromatic hydroxyl groups is 1. The molecule has 0 bridgehead atoms. The zero-order chi connectivity index (χ0) is 27.6. The highest BCUT2D eigenvalue weighted by molar-refractivity contribution is 7.98. The molecule has 2 aromatic heterocycles. The van der Waals surface area contributed by atoms with Gasteiger partial charge in [0.15, 0.2) is 0 Å². The van der Waals surface area contributed by atoms with Crippen LogP contribution in [0.25, 0.3) is 32.8 Å². The highest BCUT2D eigenvalue weighted by Crippen LogP contribution is 2.39. The molecule has 0 aliphatic carbocycles. The number of benzene rings is 4. The van der Waals surface area contributed by atoms with E-state index in [-0.39, 0.29) is 18.3 Å². The lowest BCUT2D eigenvalue weighted by Crippen LogP contribution is -2.10. The predicted octanol–water partition coefficient (Wildman–Crippen LogP) is 7.42. The van der Waals surface area contributed by atoms with Crippen molar-refractivity contribution in [1.29, 1.82) is 0 Å². The van der Waals surface area contributed by atoms with Gasteiger partial charge >= 0.3 is 5.97 Å². The molecule has 4 aromatic carbocycles. The second-order valence-electron chi connectivity index (χ2n) is 9.66. The molecule has 6 rings (SSSR count). The number of thioether (sulfide) groups is 1. The maximum atomic E-state index is 13.5. The molecule has 40 heavy (non-hydrogen) atoms. The van der Waals surface area contributed by atoms with Crippen molar-refractivity contribution < 1.29 is 14.6 Å². The first-order valence-electron chi connectivity index (χ1n) is 13.2. The number of fused-ring (bicyclic) bond motifs is 2. The van der Waals surface area contributed by atoms with Gasteiger partial charge in [-0.1, -0.05) is 60.7 Å². The largest absolute Gasteiger partial charge is 0.507 e. The van der Waals surface area contributed by atoms with Crippen LogP contribution in [0.4, 0.5) is 0 Å². The first-order valence-corrected chi connectivity index (χ1v) is 14.2. The number of nitrogens with zero attached hydrogens (tertiary/aromatic N) is 3. The van der Waals surface area contributed by atoms with Gasteiger partial charge in [-0.2, -0.15) is 5.10 Å². The van der Waals surface area contributed by atoms with Crippen LogP contribution in [0, 0.1) is 0 Å². The molecule has 0 radical (unpaired) electrons. The fourth-order valence-corrected chi connectivity index (χ4v) is 6.21. The molecular weight excluding hydrogens is 518 g/mol. The molecule has 7 heteroatoms. The van der Waals surface area contributed by atoms with E-state index in [1.807, 2.05) is 56.6 Å².